The summed E-state index contributed by atoms with van der Waals surface area (Å²) in [6.45, 7) is 4.50. The summed E-state index contributed by atoms with van der Waals surface area (Å²) in [4.78, 5) is 24.9. The lowest BCUT2D eigenvalue weighted by Gasteiger charge is -2.36. The predicted octanol–water partition coefficient (Wildman–Crippen LogP) is 1.76. The van der Waals surface area contributed by atoms with E-state index in [0.29, 0.717) is 32.1 Å². The first-order valence-electron chi connectivity index (χ1n) is 7.96. The van der Waals surface area contributed by atoms with E-state index in [9.17, 15) is 9.18 Å². The van der Waals surface area contributed by atoms with Gasteiger partial charge in [0.1, 0.15) is 11.9 Å². The van der Waals surface area contributed by atoms with E-state index < -0.39 is 0 Å². The minimum Gasteiger partial charge on any atom is -0.374 e. The molecule has 1 N–H and O–H groups in total. The Morgan fingerprint density at radius 3 is 2.38 bits per heavy atom. The number of benzene rings is 1. The molecule has 3 rings (SSSR count). The lowest BCUT2D eigenvalue weighted by molar-refractivity contribution is -0.131. The third-order valence-electron chi connectivity index (χ3n) is 4.02. The Morgan fingerprint density at radius 2 is 1.75 bits per heavy atom. The van der Waals surface area contributed by atoms with Crippen molar-refractivity contribution in [2.45, 2.75) is 13.0 Å². The first-order valence-corrected chi connectivity index (χ1v) is 7.96. The van der Waals surface area contributed by atoms with Gasteiger partial charge in [0.25, 0.3) is 0 Å². The third kappa shape index (κ3) is 3.79. The first-order chi connectivity index (χ1) is 11.6. The Bertz CT molecular complexity index is 671. The number of rotatable bonds is 4. The van der Waals surface area contributed by atoms with Gasteiger partial charge < -0.3 is 15.1 Å². The Kier molecular flexibility index (Phi) is 4.88. The summed E-state index contributed by atoms with van der Waals surface area (Å²) in [5.74, 6) is 0.439. The normalized spacial score (nSPS) is 15.9. The molecule has 126 valence electrons. The van der Waals surface area contributed by atoms with Crippen molar-refractivity contribution in [3.05, 3.63) is 48.5 Å². The summed E-state index contributed by atoms with van der Waals surface area (Å²) < 4.78 is 12.9. The van der Waals surface area contributed by atoms with Crippen LogP contribution in [0.2, 0.25) is 0 Å². The van der Waals surface area contributed by atoms with Gasteiger partial charge in [-0.1, -0.05) is 0 Å². The molecule has 2 aromatic rings. The number of aromatic nitrogens is 2. The topological polar surface area (TPSA) is 61.4 Å². The van der Waals surface area contributed by atoms with Gasteiger partial charge in [0.2, 0.25) is 11.9 Å². The lowest BCUT2D eigenvalue weighted by atomic mass is 10.2. The van der Waals surface area contributed by atoms with Crippen molar-refractivity contribution >= 4 is 17.5 Å². The molecule has 0 saturated carbocycles. The smallest absolute Gasteiger partial charge is 0.244 e. The second-order valence-electron chi connectivity index (χ2n) is 5.73. The number of hydrogen-bond acceptors (Lipinski definition) is 5. The predicted molar refractivity (Wildman–Crippen MR) is 90.3 cm³/mol. The van der Waals surface area contributed by atoms with Crippen LogP contribution < -0.4 is 10.2 Å². The van der Waals surface area contributed by atoms with Crippen LogP contribution in [0.4, 0.5) is 16.0 Å². The number of nitrogens with one attached hydrogen (secondary N) is 1. The molecule has 1 aliphatic rings. The van der Waals surface area contributed by atoms with Crippen molar-refractivity contribution in [1.29, 1.82) is 0 Å². The molecule has 1 aliphatic heterocycles. The average Bonchev–Trinajstić information content (AvgIpc) is 2.64. The summed E-state index contributed by atoms with van der Waals surface area (Å²) >= 11 is 0. The van der Waals surface area contributed by atoms with Crippen LogP contribution in [0.15, 0.2) is 42.7 Å². The van der Waals surface area contributed by atoms with Gasteiger partial charge in [0.05, 0.1) is 0 Å². The van der Waals surface area contributed by atoms with Gasteiger partial charge in [-0.25, -0.2) is 14.4 Å². The molecule has 1 aromatic carbocycles. The highest BCUT2D eigenvalue weighted by Crippen LogP contribution is 2.13. The number of anilines is 2. The van der Waals surface area contributed by atoms with E-state index in [1.807, 2.05) is 11.8 Å². The second-order valence-corrected chi connectivity index (χ2v) is 5.73. The van der Waals surface area contributed by atoms with Crippen molar-refractivity contribution in [1.82, 2.24) is 14.9 Å². The fraction of sp³-hybridized carbons (Fsp3) is 0.353. The quantitative estimate of drug-likeness (QED) is 0.926. The van der Waals surface area contributed by atoms with E-state index in [1.165, 1.54) is 12.1 Å². The molecular formula is C17H20FN5O. The molecule has 1 atom stereocenters. The minimum atomic E-state index is -0.366. The standard InChI is InChI=1S/C17H20FN5O/c1-13(21-15-5-3-14(18)4-6-15)16(24)22-9-11-23(12-10-22)17-19-7-2-8-20-17/h2-8,13,21H,9-12H2,1H3. The Balaban J connectivity index is 1.53. The fourth-order valence-electron chi connectivity index (χ4n) is 2.71. The van der Waals surface area contributed by atoms with Gasteiger partial charge in [0.15, 0.2) is 0 Å². The monoisotopic (exact) mass is 329 g/mol. The summed E-state index contributed by atoms with van der Waals surface area (Å²) in [6, 6.07) is 7.42. The minimum absolute atomic E-state index is 0.0351. The van der Waals surface area contributed by atoms with Gasteiger partial charge in [-0.05, 0) is 37.3 Å². The molecule has 1 unspecified atom stereocenters. The molecular weight excluding hydrogens is 309 g/mol. The van der Waals surface area contributed by atoms with E-state index >= 15 is 0 Å². The van der Waals surface area contributed by atoms with Crippen molar-refractivity contribution in [2.24, 2.45) is 0 Å². The van der Waals surface area contributed by atoms with Crippen LogP contribution in [0.3, 0.4) is 0 Å². The zero-order valence-electron chi connectivity index (χ0n) is 13.5. The SMILES string of the molecule is CC(Nc1ccc(F)cc1)C(=O)N1CCN(c2ncccn2)CC1. The molecule has 1 fully saturated rings. The van der Waals surface area contributed by atoms with Gasteiger partial charge in [-0.2, -0.15) is 0 Å². The van der Waals surface area contributed by atoms with Crippen LogP contribution in [0.5, 0.6) is 0 Å². The summed E-state index contributed by atoms with van der Waals surface area (Å²) in [7, 11) is 0. The zero-order chi connectivity index (χ0) is 16.9. The van der Waals surface area contributed by atoms with Gasteiger partial charge in [-0.3, -0.25) is 4.79 Å². The molecule has 0 aliphatic carbocycles. The number of hydrogen-bond donors (Lipinski definition) is 1. The van der Waals surface area contributed by atoms with E-state index in [-0.39, 0.29) is 17.8 Å². The molecule has 1 saturated heterocycles. The molecule has 0 bridgehead atoms. The third-order valence-corrected chi connectivity index (χ3v) is 4.02. The van der Waals surface area contributed by atoms with Crippen LogP contribution in [0.25, 0.3) is 0 Å². The van der Waals surface area contributed by atoms with E-state index in [1.54, 1.807) is 30.6 Å². The Hall–Kier alpha value is -2.70. The highest BCUT2D eigenvalue weighted by Gasteiger charge is 2.25. The maximum absolute atomic E-state index is 12.9. The summed E-state index contributed by atoms with van der Waals surface area (Å²) in [5.41, 5.74) is 0.730. The number of carbonyl (C=O) groups excluding carboxylic acids is 1. The lowest BCUT2D eigenvalue weighted by Crippen LogP contribution is -2.52. The zero-order valence-corrected chi connectivity index (χ0v) is 13.5. The number of halogens is 1. The van der Waals surface area contributed by atoms with E-state index in [2.05, 4.69) is 20.2 Å². The van der Waals surface area contributed by atoms with E-state index in [4.69, 9.17) is 0 Å². The fourth-order valence-corrected chi connectivity index (χ4v) is 2.71. The number of amides is 1. The Labute approximate surface area is 140 Å². The van der Waals surface area contributed by atoms with Gasteiger partial charge in [-0.15, -0.1) is 0 Å². The van der Waals surface area contributed by atoms with Crippen LogP contribution in [-0.4, -0.2) is 53.0 Å². The molecule has 1 aromatic heterocycles. The molecule has 24 heavy (non-hydrogen) atoms. The first kappa shape index (κ1) is 16.2. The Morgan fingerprint density at radius 1 is 1.12 bits per heavy atom. The molecule has 2 heterocycles. The van der Waals surface area contributed by atoms with Crippen LogP contribution in [-0.2, 0) is 4.79 Å². The van der Waals surface area contributed by atoms with Crippen molar-refractivity contribution in [2.75, 3.05) is 36.4 Å². The van der Waals surface area contributed by atoms with Crippen molar-refractivity contribution < 1.29 is 9.18 Å². The van der Waals surface area contributed by atoms with Crippen LogP contribution >= 0.6 is 0 Å². The maximum Gasteiger partial charge on any atom is 0.244 e. The number of carbonyl (C=O) groups is 1. The average molecular weight is 329 g/mol. The number of piperazine rings is 1. The van der Waals surface area contributed by atoms with Gasteiger partial charge in [0, 0.05) is 44.3 Å². The molecule has 1 amide bonds. The van der Waals surface area contributed by atoms with Crippen molar-refractivity contribution in [3.63, 3.8) is 0 Å². The largest absolute Gasteiger partial charge is 0.374 e. The summed E-state index contributed by atoms with van der Waals surface area (Å²) in [5, 5.41) is 3.11. The van der Waals surface area contributed by atoms with Gasteiger partial charge >= 0.3 is 0 Å². The van der Waals surface area contributed by atoms with Crippen LogP contribution in [0.1, 0.15) is 6.92 Å². The second kappa shape index (κ2) is 7.25. The van der Waals surface area contributed by atoms with Crippen molar-refractivity contribution in [3.8, 4) is 0 Å². The maximum atomic E-state index is 12.9. The highest BCUT2D eigenvalue weighted by molar-refractivity contribution is 5.84. The molecule has 0 spiro atoms. The molecule has 0 radical (unpaired) electrons. The molecule has 6 nitrogen and oxygen atoms in total. The number of nitrogens with zero attached hydrogens (tertiary/aromatic N) is 4. The highest BCUT2D eigenvalue weighted by atomic mass is 19.1. The summed E-state index contributed by atoms with van der Waals surface area (Å²) in [6.07, 6.45) is 3.43. The van der Waals surface area contributed by atoms with E-state index in [0.717, 1.165) is 5.69 Å². The molecule has 7 heteroatoms. The van der Waals surface area contributed by atoms with Crippen LogP contribution in [0, 0.1) is 5.82 Å².